The highest BCUT2D eigenvalue weighted by atomic mass is 16.5. The molecule has 0 unspecified atom stereocenters. The number of amides is 1. The molecule has 178 valence electrons. The van der Waals surface area contributed by atoms with Crippen molar-refractivity contribution in [3.8, 4) is 28.4 Å². The van der Waals surface area contributed by atoms with E-state index in [9.17, 15) is 9.59 Å². The van der Waals surface area contributed by atoms with E-state index in [-0.39, 0.29) is 17.8 Å². The van der Waals surface area contributed by atoms with E-state index >= 15 is 0 Å². The largest absolute Gasteiger partial charge is 0.497 e. The van der Waals surface area contributed by atoms with Crippen molar-refractivity contribution in [2.45, 2.75) is 19.8 Å². The number of likely N-dealkylation sites (tertiary alicyclic amines) is 1. The molecule has 0 spiro atoms. The minimum atomic E-state index is -0.185. The molecule has 0 atom stereocenters. The number of benzene rings is 2. The Morgan fingerprint density at radius 3 is 2.41 bits per heavy atom. The summed E-state index contributed by atoms with van der Waals surface area (Å²) in [5, 5.41) is 4.77. The number of esters is 1. The van der Waals surface area contributed by atoms with Crippen molar-refractivity contribution in [1.29, 1.82) is 0 Å². The molecule has 1 saturated heterocycles. The normalized spacial score (nSPS) is 14.0. The van der Waals surface area contributed by atoms with Gasteiger partial charge in [-0.3, -0.25) is 9.59 Å². The SMILES string of the molecule is CCOC(=O)C1CCN(C(=O)c2cn(-c3ccccc3)nc2-c2ccc(OC)cc2OC)CC1. The van der Waals surface area contributed by atoms with Crippen molar-refractivity contribution in [3.05, 3.63) is 60.3 Å². The Morgan fingerprint density at radius 1 is 1.03 bits per heavy atom. The van der Waals surface area contributed by atoms with Crippen molar-refractivity contribution in [2.75, 3.05) is 33.9 Å². The first kappa shape index (κ1) is 23.4. The molecule has 2 heterocycles. The molecule has 8 heteroatoms. The maximum Gasteiger partial charge on any atom is 0.309 e. The predicted octanol–water partition coefficient (Wildman–Crippen LogP) is 3.97. The summed E-state index contributed by atoms with van der Waals surface area (Å²) in [5.41, 5.74) is 2.54. The van der Waals surface area contributed by atoms with Crippen LogP contribution >= 0.6 is 0 Å². The molecule has 0 saturated carbocycles. The maximum absolute atomic E-state index is 13.7. The summed E-state index contributed by atoms with van der Waals surface area (Å²) < 4.78 is 17.8. The van der Waals surface area contributed by atoms with Gasteiger partial charge >= 0.3 is 5.97 Å². The number of piperidine rings is 1. The second-order valence-corrected chi connectivity index (χ2v) is 8.06. The summed E-state index contributed by atoms with van der Waals surface area (Å²) in [4.78, 5) is 27.5. The van der Waals surface area contributed by atoms with Crippen LogP contribution in [-0.4, -0.2) is 60.5 Å². The molecule has 34 heavy (non-hydrogen) atoms. The van der Waals surface area contributed by atoms with Crippen molar-refractivity contribution in [2.24, 2.45) is 5.92 Å². The Hall–Kier alpha value is -3.81. The number of ether oxygens (including phenoxy) is 3. The molecule has 0 N–H and O–H groups in total. The van der Waals surface area contributed by atoms with Gasteiger partial charge in [-0.05, 0) is 44.0 Å². The van der Waals surface area contributed by atoms with Crippen LogP contribution < -0.4 is 9.47 Å². The Bertz CT molecular complexity index is 1150. The Kier molecular flexibility index (Phi) is 7.15. The van der Waals surface area contributed by atoms with Gasteiger partial charge in [0.15, 0.2) is 0 Å². The van der Waals surface area contributed by atoms with E-state index in [0.29, 0.717) is 60.9 Å². The third-order valence-corrected chi connectivity index (χ3v) is 6.03. The smallest absolute Gasteiger partial charge is 0.309 e. The van der Waals surface area contributed by atoms with Gasteiger partial charge < -0.3 is 19.1 Å². The fraction of sp³-hybridized carbons (Fsp3) is 0.346. The van der Waals surface area contributed by atoms with Gasteiger partial charge in [0.25, 0.3) is 5.91 Å². The van der Waals surface area contributed by atoms with E-state index in [1.165, 1.54) is 0 Å². The fourth-order valence-electron chi connectivity index (χ4n) is 4.19. The van der Waals surface area contributed by atoms with Crippen LogP contribution in [0.25, 0.3) is 16.9 Å². The van der Waals surface area contributed by atoms with Crippen molar-refractivity contribution in [3.63, 3.8) is 0 Å². The maximum atomic E-state index is 13.7. The van der Waals surface area contributed by atoms with Gasteiger partial charge in [0, 0.05) is 30.9 Å². The number of carbonyl (C=O) groups is 2. The molecule has 8 nitrogen and oxygen atoms in total. The lowest BCUT2D eigenvalue weighted by Gasteiger charge is -2.30. The van der Waals surface area contributed by atoms with Crippen LogP contribution in [0.15, 0.2) is 54.7 Å². The standard InChI is InChI=1S/C26H29N3O5/c1-4-34-26(31)18-12-14-28(15-13-18)25(30)22-17-29(19-8-6-5-7-9-19)27-24(22)21-11-10-20(32-2)16-23(21)33-3/h5-11,16-18H,4,12-15H2,1-3H3. The van der Waals surface area contributed by atoms with Gasteiger partial charge in [0.2, 0.25) is 0 Å². The summed E-state index contributed by atoms with van der Waals surface area (Å²) >= 11 is 0. The third-order valence-electron chi connectivity index (χ3n) is 6.03. The van der Waals surface area contributed by atoms with Gasteiger partial charge in [-0.15, -0.1) is 0 Å². The van der Waals surface area contributed by atoms with Gasteiger partial charge in [-0.25, -0.2) is 4.68 Å². The van der Waals surface area contributed by atoms with Gasteiger partial charge in [0.1, 0.15) is 17.2 Å². The van der Waals surface area contributed by atoms with Crippen molar-refractivity contribution < 1.29 is 23.8 Å². The molecule has 4 rings (SSSR count). The number of methoxy groups -OCH3 is 2. The Labute approximate surface area is 199 Å². The van der Waals surface area contributed by atoms with E-state index in [4.69, 9.17) is 19.3 Å². The van der Waals surface area contributed by atoms with Gasteiger partial charge in [0.05, 0.1) is 38.0 Å². The zero-order valence-electron chi connectivity index (χ0n) is 19.7. The number of nitrogens with zero attached hydrogens (tertiary/aromatic N) is 3. The van der Waals surface area contributed by atoms with Crippen LogP contribution in [0, 0.1) is 5.92 Å². The summed E-state index contributed by atoms with van der Waals surface area (Å²) in [6.45, 7) is 3.13. The number of aromatic nitrogens is 2. The van der Waals surface area contributed by atoms with Gasteiger partial charge in [-0.2, -0.15) is 5.10 Å². The van der Waals surface area contributed by atoms with E-state index < -0.39 is 0 Å². The summed E-state index contributed by atoms with van der Waals surface area (Å²) in [6.07, 6.45) is 2.92. The van der Waals surface area contributed by atoms with E-state index in [1.807, 2.05) is 42.5 Å². The van der Waals surface area contributed by atoms with Crippen LogP contribution in [0.4, 0.5) is 0 Å². The number of carbonyl (C=O) groups excluding carboxylic acids is 2. The van der Waals surface area contributed by atoms with E-state index in [0.717, 1.165) is 5.69 Å². The lowest BCUT2D eigenvalue weighted by atomic mass is 9.96. The molecule has 0 aliphatic carbocycles. The number of hydrogen-bond acceptors (Lipinski definition) is 6. The molecule has 0 bridgehead atoms. The summed E-state index contributed by atoms with van der Waals surface area (Å²) in [6, 6.07) is 15.1. The highest BCUT2D eigenvalue weighted by Crippen LogP contribution is 2.35. The second-order valence-electron chi connectivity index (χ2n) is 8.06. The zero-order chi connectivity index (χ0) is 24.1. The minimum Gasteiger partial charge on any atom is -0.497 e. The lowest BCUT2D eigenvalue weighted by Crippen LogP contribution is -2.40. The average Bonchev–Trinajstić information content (AvgIpc) is 3.34. The molecule has 2 aromatic carbocycles. The molecular formula is C26H29N3O5. The van der Waals surface area contributed by atoms with Crippen LogP contribution in [0.5, 0.6) is 11.5 Å². The van der Waals surface area contributed by atoms with Crippen molar-refractivity contribution in [1.82, 2.24) is 14.7 Å². The van der Waals surface area contributed by atoms with Gasteiger partial charge in [-0.1, -0.05) is 18.2 Å². The summed E-state index contributed by atoms with van der Waals surface area (Å²) in [7, 11) is 3.17. The minimum absolute atomic E-state index is 0.127. The molecule has 1 aliphatic heterocycles. The second kappa shape index (κ2) is 10.4. The topological polar surface area (TPSA) is 82.9 Å². The van der Waals surface area contributed by atoms with Crippen LogP contribution in [0.1, 0.15) is 30.1 Å². The highest BCUT2D eigenvalue weighted by molar-refractivity contribution is 6.00. The van der Waals surface area contributed by atoms with E-state index in [1.54, 1.807) is 43.0 Å². The Morgan fingerprint density at radius 2 is 1.76 bits per heavy atom. The molecule has 3 aromatic rings. The average molecular weight is 464 g/mol. The molecule has 1 aliphatic rings. The Balaban J connectivity index is 1.69. The monoisotopic (exact) mass is 463 g/mol. The molecular weight excluding hydrogens is 434 g/mol. The number of hydrogen-bond donors (Lipinski definition) is 0. The first-order valence-corrected chi connectivity index (χ1v) is 11.4. The van der Waals surface area contributed by atoms with Crippen LogP contribution in [-0.2, 0) is 9.53 Å². The highest BCUT2D eigenvalue weighted by Gasteiger charge is 2.31. The van der Waals surface area contributed by atoms with E-state index in [2.05, 4.69) is 0 Å². The van der Waals surface area contributed by atoms with Crippen molar-refractivity contribution >= 4 is 11.9 Å². The van der Waals surface area contributed by atoms with Crippen LogP contribution in [0.2, 0.25) is 0 Å². The summed E-state index contributed by atoms with van der Waals surface area (Å²) in [5.74, 6) is 0.731. The number of rotatable bonds is 7. The third kappa shape index (κ3) is 4.76. The molecule has 1 aromatic heterocycles. The van der Waals surface area contributed by atoms with Crippen LogP contribution in [0.3, 0.4) is 0 Å². The predicted molar refractivity (Wildman–Crippen MR) is 127 cm³/mol. The number of para-hydroxylation sites is 1. The molecule has 1 fully saturated rings. The molecule has 0 radical (unpaired) electrons. The first-order valence-electron chi connectivity index (χ1n) is 11.4. The fourth-order valence-corrected chi connectivity index (χ4v) is 4.19. The quantitative estimate of drug-likeness (QED) is 0.493. The zero-order valence-corrected chi connectivity index (χ0v) is 19.7. The first-order chi connectivity index (χ1) is 16.5. The lowest BCUT2D eigenvalue weighted by molar-refractivity contribution is -0.149. The molecule has 1 amide bonds.